The minimum absolute atomic E-state index is 0.349. The van der Waals surface area contributed by atoms with Crippen LogP contribution in [0.4, 0.5) is 0 Å². The Hall–Kier alpha value is -3.23. The summed E-state index contributed by atoms with van der Waals surface area (Å²) >= 11 is 0. The van der Waals surface area contributed by atoms with Gasteiger partial charge < -0.3 is 29.4 Å². The molecule has 3 rings (SSSR count). The lowest BCUT2D eigenvalue weighted by atomic mass is 10.2. The highest BCUT2D eigenvalue weighted by molar-refractivity contribution is 6.02. The number of fused-ring (bicyclic) bond motifs is 1. The Morgan fingerprint density at radius 2 is 1.93 bits per heavy atom. The molecule has 1 aromatic carbocycles. The van der Waals surface area contributed by atoms with Gasteiger partial charge in [-0.1, -0.05) is 0 Å². The maximum Gasteiger partial charge on any atom is 0.326 e. The number of carbonyl (C=O) groups excluding carboxylic acids is 2. The molecule has 1 fully saturated rings. The highest BCUT2D eigenvalue weighted by atomic mass is 16.5. The zero-order valence-corrected chi connectivity index (χ0v) is 16.9. The number of nitrogens with zero attached hydrogens (tertiary/aromatic N) is 2. The van der Waals surface area contributed by atoms with E-state index in [1.165, 1.54) is 12.0 Å². The van der Waals surface area contributed by atoms with E-state index in [0.29, 0.717) is 36.6 Å². The van der Waals surface area contributed by atoms with E-state index in [0.717, 1.165) is 10.9 Å². The summed E-state index contributed by atoms with van der Waals surface area (Å²) < 4.78 is 12.4. The lowest BCUT2D eigenvalue weighted by molar-refractivity contribution is -0.148. The largest absolute Gasteiger partial charge is 0.497 e. The van der Waals surface area contributed by atoms with Gasteiger partial charge in [-0.3, -0.25) is 9.59 Å². The van der Waals surface area contributed by atoms with Gasteiger partial charge in [-0.15, -0.1) is 0 Å². The Bertz CT molecular complexity index is 967. The van der Waals surface area contributed by atoms with Crippen LogP contribution in [0.2, 0.25) is 0 Å². The van der Waals surface area contributed by atoms with Crippen LogP contribution in [0.25, 0.3) is 10.9 Å². The number of hydrogen-bond donors (Lipinski definition) is 2. The first kappa shape index (κ1) is 20.5. The predicted molar refractivity (Wildman–Crippen MR) is 105 cm³/mol. The normalized spacial score (nSPS) is 17.2. The van der Waals surface area contributed by atoms with Gasteiger partial charge in [0.1, 0.15) is 29.3 Å². The number of amides is 2. The second kappa shape index (κ2) is 8.02. The summed E-state index contributed by atoms with van der Waals surface area (Å²) in [4.78, 5) is 38.2. The molecule has 9 heteroatoms. The maximum atomic E-state index is 12.8. The molecule has 1 saturated heterocycles. The van der Waals surface area contributed by atoms with E-state index in [9.17, 15) is 19.5 Å². The van der Waals surface area contributed by atoms with Crippen LogP contribution in [-0.4, -0.2) is 65.2 Å². The first-order valence-electron chi connectivity index (χ1n) is 9.34. The lowest BCUT2D eigenvalue weighted by Gasteiger charge is -2.25. The average molecular weight is 403 g/mol. The number of aromatic nitrogens is 1. The van der Waals surface area contributed by atoms with Crippen molar-refractivity contribution in [2.45, 2.75) is 31.8 Å². The van der Waals surface area contributed by atoms with E-state index < -0.39 is 29.9 Å². The summed E-state index contributed by atoms with van der Waals surface area (Å²) in [5, 5.41) is 12.7. The minimum Gasteiger partial charge on any atom is -0.497 e. The van der Waals surface area contributed by atoms with Crippen LogP contribution < -0.4 is 14.8 Å². The molecule has 156 valence electrons. The molecule has 2 unspecified atom stereocenters. The van der Waals surface area contributed by atoms with Crippen LogP contribution in [0.5, 0.6) is 11.5 Å². The highest BCUT2D eigenvalue weighted by Crippen LogP contribution is 2.33. The molecule has 0 aliphatic carbocycles. The molecule has 9 nitrogen and oxygen atoms in total. The molecule has 0 saturated carbocycles. The summed E-state index contributed by atoms with van der Waals surface area (Å²) in [6.45, 7) is 1.94. The van der Waals surface area contributed by atoms with Crippen LogP contribution in [0.1, 0.15) is 30.3 Å². The van der Waals surface area contributed by atoms with Gasteiger partial charge in [-0.2, -0.15) is 0 Å². The van der Waals surface area contributed by atoms with Gasteiger partial charge in [0, 0.05) is 31.1 Å². The van der Waals surface area contributed by atoms with Gasteiger partial charge in [0.05, 0.1) is 19.7 Å². The van der Waals surface area contributed by atoms with Crippen molar-refractivity contribution in [1.82, 2.24) is 14.8 Å². The number of carbonyl (C=O) groups is 3. The first-order valence-corrected chi connectivity index (χ1v) is 9.34. The zero-order chi connectivity index (χ0) is 21.3. The number of methoxy groups -OCH3 is 2. The van der Waals surface area contributed by atoms with Crippen molar-refractivity contribution < 1.29 is 29.0 Å². The molecule has 2 amide bonds. The molecule has 0 spiro atoms. The Morgan fingerprint density at radius 3 is 2.55 bits per heavy atom. The van der Waals surface area contributed by atoms with Gasteiger partial charge in [0.25, 0.3) is 5.91 Å². The van der Waals surface area contributed by atoms with E-state index in [1.54, 1.807) is 43.8 Å². The molecule has 2 N–H and O–H groups in total. The Kier molecular flexibility index (Phi) is 5.67. The molecule has 2 atom stereocenters. The summed E-state index contributed by atoms with van der Waals surface area (Å²) in [6.07, 6.45) is 1.06. The van der Waals surface area contributed by atoms with Gasteiger partial charge in [-0.25, -0.2) is 4.79 Å². The number of likely N-dealkylation sites (tertiary alicyclic amines) is 1. The summed E-state index contributed by atoms with van der Waals surface area (Å²) in [6, 6.07) is 3.53. The molecule has 2 aromatic rings. The van der Waals surface area contributed by atoms with Crippen LogP contribution in [-0.2, 0) is 16.6 Å². The van der Waals surface area contributed by atoms with Crippen LogP contribution >= 0.6 is 0 Å². The number of aryl methyl sites for hydroxylation is 1. The second-order valence-corrected chi connectivity index (χ2v) is 7.07. The van der Waals surface area contributed by atoms with Crippen LogP contribution in [0.3, 0.4) is 0 Å². The summed E-state index contributed by atoms with van der Waals surface area (Å²) in [5.41, 5.74) is 1.10. The third kappa shape index (κ3) is 3.72. The van der Waals surface area contributed by atoms with Crippen LogP contribution in [0, 0.1) is 0 Å². The first-order chi connectivity index (χ1) is 13.8. The van der Waals surface area contributed by atoms with Gasteiger partial charge in [0.2, 0.25) is 5.91 Å². The van der Waals surface area contributed by atoms with E-state index in [-0.39, 0.29) is 0 Å². The summed E-state index contributed by atoms with van der Waals surface area (Å²) in [5.74, 6) is -0.693. The molecular weight excluding hydrogens is 378 g/mol. The van der Waals surface area contributed by atoms with E-state index in [4.69, 9.17) is 9.47 Å². The number of aliphatic carboxylic acids is 1. The van der Waals surface area contributed by atoms with Crippen molar-refractivity contribution in [3.63, 3.8) is 0 Å². The highest BCUT2D eigenvalue weighted by Gasteiger charge is 2.36. The Labute approximate surface area is 168 Å². The predicted octanol–water partition coefficient (Wildman–Crippen LogP) is 1.39. The molecule has 1 aliphatic heterocycles. The molecule has 29 heavy (non-hydrogen) atoms. The van der Waals surface area contributed by atoms with Crippen molar-refractivity contribution in [1.29, 1.82) is 0 Å². The number of carboxylic acids is 1. The van der Waals surface area contributed by atoms with Gasteiger partial charge in [-0.05, 0) is 25.8 Å². The van der Waals surface area contributed by atoms with E-state index in [1.807, 2.05) is 0 Å². The van der Waals surface area contributed by atoms with Crippen LogP contribution in [0.15, 0.2) is 18.2 Å². The topological polar surface area (TPSA) is 110 Å². The molecule has 1 aromatic heterocycles. The minimum atomic E-state index is -1.02. The van der Waals surface area contributed by atoms with E-state index in [2.05, 4.69) is 5.32 Å². The number of nitrogens with one attached hydrogen (secondary N) is 1. The molecular formula is C20H25N3O6. The maximum absolute atomic E-state index is 12.8. The van der Waals surface area contributed by atoms with E-state index >= 15 is 0 Å². The fourth-order valence-corrected chi connectivity index (χ4v) is 3.75. The number of benzene rings is 1. The van der Waals surface area contributed by atoms with Crippen molar-refractivity contribution >= 4 is 28.7 Å². The zero-order valence-electron chi connectivity index (χ0n) is 16.9. The monoisotopic (exact) mass is 403 g/mol. The van der Waals surface area contributed by atoms with Crippen molar-refractivity contribution in [3.8, 4) is 11.5 Å². The fraction of sp³-hybridized carbons (Fsp3) is 0.450. The number of hydrogen-bond acceptors (Lipinski definition) is 5. The Balaban J connectivity index is 1.83. The lowest BCUT2D eigenvalue weighted by Crippen LogP contribution is -2.50. The number of carboxylic acid groups (broad SMARTS) is 1. The third-order valence-electron chi connectivity index (χ3n) is 5.32. The second-order valence-electron chi connectivity index (χ2n) is 7.07. The fourth-order valence-electron chi connectivity index (χ4n) is 3.75. The molecule has 0 radical (unpaired) electrons. The molecule has 1 aliphatic rings. The Morgan fingerprint density at radius 1 is 1.21 bits per heavy atom. The van der Waals surface area contributed by atoms with Gasteiger partial charge in [0.15, 0.2) is 0 Å². The number of rotatable bonds is 6. The SMILES string of the molecule is COc1cc(OC)c2cc(C(=O)NC(C)C(=O)N3CCCC3C(=O)O)n(C)c2c1. The van der Waals surface area contributed by atoms with Crippen molar-refractivity contribution in [3.05, 3.63) is 23.9 Å². The third-order valence-corrected chi connectivity index (χ3v) is 5.32. The molecule has 0 bridgehead atoms. The smallest absolute Gasteiger partial charge is 0.326 e. The quantitative estimate of drug-likeness (QED) is 0.754. The standard InChI is InChI=1S/C20H25N3O6/c1-11(19(25)23-7-5-6-14(23)20(26)27)21-18(24)16-10-13-15(22(16)2)8-12(28-3)9-17(13)29-4/h8-11,14H,5-7H2,1-4H3,(H,21,24)(H,26,27). The van der Waals surface area contributed by atoms with Gasteiger partial charge >= 0.3 is 5.97 Å². The average Bonchev–Trinajstić information content (AvgIpc) is 3.32. The van der Waals surface area contributed by atoms with Crippen molar-refractivity contribution in [2.24, 2.45) is 7.05 Å². The summed E-state index contributed by atoms with van der Waals surface area (Å²) in [7, 11) is 4.83. The van der Waals surface area contributed by atoms with Crippen molar-refractivity contribution in [2.75, 3.05) is 20.8 Å². The number of ether oxygens (including phenoxy) is 2. The molecule has 2 heterocycles.